The van der Waals surface area contributed by atoms with Crippen molar-refractivity contribution in [2.75, 3.05) is 17.7 Å². The number of aryl methyl sites for hydroxylation is 1. The molecule has 3 aromatic carbocycles. The molecule has 210 valence electrons. The van der Waals surface area contributed by atoms with Gasteiger partial charge in [0.25, 0.3) is 0 Å². The molecule has 2 unspecified atom stereocenters. The number of pyridine rings is 1. The number of hydrogen-bond donors (Lipinski definition) is 3. The van der Waals surface area contributed by atoms with E-state index in [9.17, 15) is 18.4 Å². The summed E-state index contributed by atoms with van der Waals surface area (Å²) in [4.78, 5) is 36.9. The minimum atomic E-state index is -1.26. The van der Waals surface area contributed by atoms with Gasteiger partial charge in [0.15, 0.2) is 0 Å². The van der Waals surface area contributed by atoms with Crippen molar-refractivity contribution in [3.8, 4) is 0 Å². The first-order valence-electron chi connectivity index (χ1n) is 12.2. The van der Waals surface area contributed by atoms with Crippen molar-refractivity contribution in [3.05, 3.63) is 83.4 Å². The molecule has 0 spiro atoms. The Hall–Kier alpha value is -4.33. The van der Waals surface area contributed by atoms with Crippen LogP contribution in [0.15, 0.2) is 65.9 Å². The normalized spacial score (nSPS) is 11.3. The molecule has 0 saturated carbocycles. The van der Waals surface area contributed by atoms with Crippen LogP contribution in [-0.4, -0.2) is 41.3 Å². The van der Waals surface area contributed by atoms with Crippen LogP contribution < -0.4 is 26.6 Å². The van der Waals surface area contributed by atoms with Gasteiger partial charge in [-0.2, -0.15) is 4.39 Å². The number of carbonyl (C=O) groups excluding carboxylic acids is 2. The van der Waals surface area contributed by atoms with E-state index in [4.69, 9.17) is 11.1 Å². The molecule has 9 nitrogen and oxygen atoms in total. The Morgan fingerprint density at radius 3 is 2.61 bits per heavy atom. The van der Waals surface area contributed by atoms with Gasteiger partial charge in [-0.1, -0.05) is 24.3 Å². The van der Waals surface area contributed by atoms with Crippen LogP contribution in [0, 0.1) is 18.2 Å². The van der Waals surface area contributed by atoms with E-state index in [1.807, 2.05) is 24.3 Å². The molecule has 4 aromatic rings. The van der Waals surface area contributed by atoms with Gasteiger partial charge in [0.2, 0.25) is 18.3 Å². The molecule has 4 N–H and O–H groups in total. The molecule has 0 aliphatic heterocycles. The Morgan fingerprint density at radius 2 is 1.93 bits per heavy atom. The molecular formula is C28H27F2N7O2P2. The van der Waals surface area contributed by atoms with E-state index in [1.165, 1.54) is 36.3 Å². The number of amides is 3. The molecule has 0 radical (unpaired) electrons. The number of fused-ring (bicyclic) bond motifs is 1. The third-order valence-corrected chi connectivity index (χ3v) is 7.76. The van der Waals surface area contributed by atoms with Crippen molar-refractivity contribution in [3.63, 3.8) is 0 Å². The minimum Gasteiger partial charge on any atom is -0.398 e. The fourth-order valence-corrected chi connectivity index (χ4v) is 4.63. The Balaban J connectivity index is 1.77. The van der Waals surface area contributed by atoms with Crippen LogP contribution in [0.2, 0.25) is 0 Å². The molecule has 0 aliphatic carbocycles. The second kappa shape index (κ2) is 12.5. The Kier molecular flexibility index (Phi) is 9.01. The van der Waals surface area contributed by atoms with Gasteiger partial charge in [0, 0.05) is 35.0 Å². The molecule has 41 heavy (non-hydrogen) atoms. The average Bonchev–Trinajstić information content (AvgIpc) is 2.94. The Labute approximate surface area is 239 Å². The summed E-state index contributed by atoms with van der Waals surface area (Å²) in [6.07, 6.45) is 3.65. The van der Waals surface area contributed by atoms with Crippen LogP contribution in [0.25, 0.3) is 10.8 Å². The summed E-state index contributed by atoms with van der Waals surface area (Å²) in [5.74, 6) is -1.97. The number of nitrogens with zero attached hydrogens (tertiary/aromatic N) is 4. The van der Waals surface area contributed by atoms with Crippen LogP contribution in [0.4, 0.5) is 30.6 Å². The molecule has 1 aromatic heterocycles. The number of guanidine groups is 1. The van der Waals surface area contributed by atoms with E-state index < -0.39 is 17.8 Å². The molecule has 13 heteroatoms. The number of halogens is 2. The molecular weight excluding hydrogens is 566 g/mol. The predicted octanol–water partition coefficient (Wildman–Crippen LogP) is 4.05. The second-order valence-corrected chi connectivity index (χ2v) is 10.4. The van der Waals surface area contributed by atoms with E-state index in [1.54, 1.807) is 19.2 Å². The third kappa shape index (κ3) is 6.53. The van der Waals surface area contributed by atoms with Crippen molar-refractivity contribution in [1.29, 1.82) is 5.41 Å². The maximum absolute atomic E-state index is 14.5. The highest BCUT2D eigenvalue weighted by Gasteiger charge is 2.21. The number of aliphatic imine (C=N–C) groups is 1. The summed E-state index contributed by atoms with van der Waals surface area (Å²) in [5.41, 5.74) is 7.30. The second-order valence-electron chi connectivity index (χ2n) is 9.16. The van der Waals surface area contributed by atoms with Crippen LogP contribution in [-0.2, 0) is 11.3 Å². The van der Waals surface area contributed by atoms with Crippen LogP contribution >= 0.6 is 18.5 Å². The number of anilines is 2. The fourth-order valence-electron chi connectivity index (χ4n) is 4.11. The zero-order chi connectivity index (χ0) is 29.8. The van der Waals surface area contributed by atoms with E-state index in [2.05, 4.69) is 33.8 Å². The zero-order valence-corrected chi connectivity index (χ0v) is 24.5. The monoisotopic (exact) mass is 593 g/mol. The number of aromatic nitrogens is 1. The van der Waals surface area contributed by atoms with Gasteiger partial charge in [0.05, 0.1) is 29.7 Å². The summed E-state index contributed by atoms with van der Waals surface area (Å²) >= 11 is 0. The highest BCUT2D eigenvalue weighted by atomic mass is 31.0. The van der Waals surface area contributed by atoms with Gasteiger partial charge in [-0.15, -0.1) is 18.5 Å². The lowest BCUT2D eigenvalue weighted by Gasteiger charge is -2.24. The lowest BCUT2D eigenvalue weighted by Crippen LogP contribution is -2.48. The van der Waals surface area contributed by atoms with Crippen LogP contribution in [0.3, 0.4) is 0 Å². The van der Waals surface area contributed by atoms with Crippen molar-refractivity contribution in [2.45, 2.75) is 13.5 Å². The van der Waals surface area contributed by atoms with Crippen molar-refractivity contribution in [1.82, 2.24) is 15.2 Å². The summed E-state index contributed by atoms with van der Waals surface area (Å²) in [6.45, 7) is 1.51. The average molecular weight is 594 g/mol. The minimum absolute atomic E-state index is 0.0379. The third-order valence-electron chi connectivity index (χ3n) is 6.34. The summed E-state index contributed by atoms with van der Waals surface area (Å²) < 4.78 is 28.3. The SMILES string of the molecule is Cc1cc(N)c(C(=N)F)cc1N=C(NC(=O)N(C)c1cncc2ccccc12)N(C=O)Cc1cc(F)c(P)c(P)c1. The largest absolute Gasteiger partial charge is 0.398 e. The van der Waals surface area contributed by atoms with Crippen molar-refractivity contribution in [2.24, 2.45) is 4.99 Å². The first-order chi connectivity index (χ1) is 19.5. The summed E-state index contributed by atoms with van der Waals surface area (Å²) in [7, 11) is 6.27. The highest BCUT2D eigenvalue weighted by molar-refractivity contribution is 7.35. The molecule has 0 aliphatic rings. The van der Waals surface area contributed by atoms with Gasteiger partial charge >= 0.3 is 6.03 Å². The molecule has 3 amide bonds. The van der Waals surface area contributed by atoms with E-state index in [-0.39, 0.29) is 29.4 Å². The maximum atomic E-state index is 14.5. The van der Waals surface area contributed by atoms with Gasteiger partial charge in [-0.05, 0) is 47.6 Å². The van der Waals surface area contributed by atoms with E-state index in [0.717, 1.165) is 15.7 Å². The Morgan fingerprint density at radius 1 is 1.20 bits per heavy atom. The number of benzene rings is 3. The number of hydrogen-bond acceptors (Lipinski definition) is 6. The quantitative estimate of drug-likeness (QED) is 0.103. The number of nitrogen functional groups attached to an aromatic ring is 1. The summed E-state index contributed by atoms with van der Waals surface area (Å²) in [6, 6.07) is 12.4. The number of urea groups is 1. The van der Waals surface area contributed by atoms with E-state index in [0.29, 0.717) is 33.8 Å². The number of nitrogens with one attached hydrogen (secondary N) is 2. The fraction of sp³-hybridized carbons (Fsp3) is 0.107. The first kappa shape index (κ1) is 29.6. The lowest BCUT2D eigenvalue weighted by atomic mass is 10.1. The first-order valence-corrected chi connectivity index (χ1v) is 13.3. The number of rotatable bonds is 6. The molecule has 4 rings (SSSR count). The Bertz CT molecular complexity index is 1690. The van der Waals surface area contributed by atoms with Crippen LogP contribution in [0.5, 0.6) is 0 Å². The van der Waals surface area contributed by atoms with Gasteiger partial charge < -0.3 is 5.73 Å². The van der Waals surface area contributed by atoms with Crippen LogP contribution in [0.1, 0.15) is 16.7 Å². The standard InChI is InChI=1S/C28H27F2N7O2P2/c1-15-7-21(31)19(26(30)32)10-22(15)34-27(37(14-38)13-16-8-20(29)25(41)24(40)9-16)35-28(39)36(2)23-12-33-11-17-5-3-4-6-18(17)23/h3-12,14,32H,13,31,40-41H2,1-2H3,(H,34,35,39). The van der Waals surface area contributed by atoms with Gasteiger partial charge in [0.1, 0.15) is 5.82 Å². The number of nitrogens with two attached hydrogens (primary N) is 1. The molecule has 0 bridgehead atoms. The van der Waals surface area contributed by atoms with Gasteiger partial charge in [-0.25, -0.2) is 14.2 Å². The molecule has 0 fully saturated rings. The maximum Gasteiger partial charge on any atom is 0.328 e. The lowest BCUT2D eigenvalue weighted by molar-refractivity contribution is -0.115. The molecule has 0 saturated heterocycles. The molecule has 1 heterocycles. The van der Waals surface area contributed by atoms with Crippen molar-refractivity contribution >= 4 is 81.3 Å². The number of carbonyl (C=O) groups is 2. The topological polar surface area (TPSA) is 128 Å². The molecule has 2 atom stereocenters. The smallest absolute Gasteiger partial charge is 0.328 e. The predicted molar refractivity (Wildman–Crippen MR) is 166 cm³/mol. The van der Waals surface area contributed by atoms with Gasteiger partial charge in [-0.3, -0.25) is 30.3 Å². The van der Waals surface area contributed by atoms with Crippen molar-refractivity contribution < 1.29 is 18.4 Å². The summed E-state index contributed by atoms with van der Waals surface area (Å²) in [5, 5.41) is 12.6. The van der Waals surface area contributed by atoms with E-state index >= 15 is 0 Å². The highest BCUT2D eigenvalue weighted by Crippen LogP contribution is 2.27. The zero-order valence-electron chi connectivity index (χ0n) is 22.2.